The van der Waals surface area contributed by atoms with Crippen molar-refractivity contribution in [2.24, 2.45) is 0 Å². The second kappa shape index (κ2) is 6.43. The van der Waals surface area contributed by atoms with Crippen molar-refractivity contribution in [3.05, 3.63) is 15.6 Å². The Kier molecular flexibility index (Phi) is 4.89. The molecule has 0 amide bonds. The van der Waals surface area contributed by atoms with Crippen LogP contribution in [0.4, 0.5) is 0 Å². The summed E-state index contributed by atoms with van der Waals surface area (Å²) >= 11 is 1.60. The lowest BCUT2D eigenvalue weighted by Crippen LogP contribution is -2.21. The van der Waals surface area contributed by atoms with Crippen LogP contribution in [0.1, 0.15) is 53.5 Å². The first-order chi connectivity index (χ1) is 8.70. The highest BCUT2D eigenvalue weighted by atomic mass is 32.1. The highest BCUT2D eigenvalue weighted by Gasteiger charge is 2.16. The van der Waals surface area contributed by atoms with Crippen molar-refractivity contribution >= 4 is 17.1 Å². The second-order valence-corrected chi connectivity index (χ2v) is 6.07. The van der Waals surface area contributed by atoms with E-state index < -0.39 is 0 Å². The second-order valence-electron chi connectivity index (χ2n) is 4.99. The predicted octanol–water partition coefficient (Wildman–Crippen LogP) is 2.94. The van der Waals surface area contributed by atoms with E-state index in [4.69, 9.17) is 0 Å². The fourth-order valence-corrected chi connectivity index (χ4v) is 3.44. The van der Waals surface area contributed by atoms with Crippen LogP contribution in [0.25, 0.3) is 0 Å². The maximum atomic E-state index is 11.6. The van der Waals surface area contributed by atoms with Gasteiger partial charge in [0.05, 0.1) is 15.6 Å². The number of aryl methyl sites for hydroxylation is 1. The van der Waals surface area contributed by atoms with Crippen molar-refractivity contribution in [2.75, 3.05) is 19.6 Å². The molecule has 0 saturated carbocycles. The third-order valence-corrected chi connectivity index (χ3v) is 4.65. The number of carbonyl (C=O) groups is 1. The number of Topliss-reactive ketones (excluding diaryl/α,β-unsaturated/α-hetero) is 1. The number of hydrogen-bond acceptors (Lipinski definition) is 4. The average molecular weight is 266 g/mol. The molecular weight excluding hydrogens is 244 g/mol. The molecule has 1 saturated heterocycles. The first kappa shape index (κ1) is 13.7. The molecule has 1 aromatic rings. The average Bonchev–Trinajstić information content (AvgIpc) is 2.95. The maximum absolute atomic E-state index is 11.6. The molecule has 0 N–H and O–H groups in total. The molecule has 18 heavy (non-hydrogen) atoms. The van der Waals surface area contributed by atoms with E-state index in [0.29, 0.717) is 0 Å². The molecule has 0 atom stereocenters. The Bertz CT molecular complexity index is 408. The zero-order valence-corrected chi connectivity index (χ0v) is 12.2. The standard InChI is InChI=1S/C14H22N2OS/c1-3-6-12-14(11(2)17)18-13(15-12)7-10-16-8-4-5-9-16/h3-10H2,1-2H3. The van der Waals surface area contributed by atoms with Crippen molar-refractivity contribution in [1.82, 2.24) is 9.88 Å². The van der Waals surface area contributed by atoms with Gasteiger partial charge in [-0.05, 0) is 32.4 Å². The summed E-state index contributed by atoms with van der Waals surface area (Å²) < 4.78 is 0. The lowest BCUT2D eigenvalue weighted by Gasteiger charge is -2.12. The van der Waals surface area contributed by atoms with E-state index in [9.17, 15) is 4.79 Å². The summed E-state index contributed by atoms with van der Waals surface area (Å²) in [6.07, 6.45) is 5.63. The highest BCUT2D eigenvalue weighted by molar-refractivity contribution is 7.13. The van der Waals surface area contributed by atoms with Crippen molar-refractivity contribution in [1.29, 1.82) is 0 Å². The summed E-state index contributed by atoms with van der Waals surface area (Å²) in [4.78, 5) is 19.6. The van der Waals surface area contributed by atoms with Crippen LogP contribution in [-0.4, -0.2) is 35.3 Å². The van der Waals surface area contributed by atoms with E-state index in [1.807, 2.05) is 0 Å². The minimum Gasteiger partial charge on any atom is -0.303 e. The Labute approximate surface area is 113 Å². The van der Waals surface area contributed by atoms with Gasteiger partial charge in [0.2, 0.25) is 0 Å². The van der Waals surface area contributed by atoms with E-state index >= 15 is 0 Å². The third kappa shape index (κ3) is 3.39. The number of likely N-dealkylation sites (tertiary alicyclic amines) is 1. The van der Waals surface area contributed by atoms with Gasteiger partial charge in [-0.15, -0.1) is 11.3 Å². The zero-order valence-electron chi connectivity index (χ0n) is 11.4. The fraction of sp³-hybridized carbons (Fsp3) is 0.714. The van der Waals surface area contributed by atoms with Gasteiger partial charge in [0, 0.05) is 19.9 Å². The summed E-state index contributed by atoms with van der Waals surface area (Å²) in [6, 6.07) is 0. The van der Waals surface area contributed by atoms with Crippen LogP contribution in [0.5, 0.6) is 0 Å². The number of nitrogens with zero attached hydrogens (tertiary/aromatic N) is 2. The van der Waals surface area contributed by atoms with E-state index in [2.05, 4.69) is 16.8 Å². The number of aromatic nitrogens is 1. The Hall–Kier alpha value is -0.740. The number of thiazole rings is 1. The third-order valence-electron chi connectivity index (χ3n) is 3.39. The van der Waals surface area contributed by atoms with Gasteiger partial charge in [0.15, 0.2) is 5.78 Å². The van der Waals surface area contributed by atoms with Crippen LogP contribution >= 0.6 is 11.3 Å². The number of ketones is 1. The molecule has 1 aromatic heterocycles. The molecule has 4 heteroatoms. The van der Waals surface area contributed by atoms with E-state index in [1.165, 1.54) is 25.9 Å². The smallest absolute Gasteiger partial charge is 0.171 e. The van der Waals surface area contributed by atoms with Gasteiger partial charge < -0.3 is 4.90 Å². The fourth-order valence-electron chi connectivity index (χ4n) is 2.45. The van der Waals surface area contributed by atoms with Gasteiger partial charge in [0.1, 0.15) is 0 Å². The molecule has 2 rings (SSSR count). The lowest BCUT2D eigenvalue weighted by atomic mass is 10.2. The first-order valence-electron chi connectivity index (χ1n) is 6.92. The van der Waals surface area contributed by atoms with Gasteiger partial charge in [-0.25, -0.2) is 4.98 Å². The molecule has 100 valence electrons. The Morgan fingerprint density at radius 1 is 1.33 bits per heavy atom. The molecule has 0 bridgehead atoms. The first-order valence-corrected chi connectivity index (χ1v) is 7.74. The van der Waals surface area contributed by atoms with Crippen LogP contribution in [0.3, 0.4) is 0 Å². The Balaban J connectivity index is 1.99. The molecular formula is C14H22N2OS. The largest absolute Gasteiger partial charge is 0.303 e. The summed E-state index contributed by atoms with van der Waals surface area (Å²) in [5.41, 5.74) is 1.02. The molecule has 2 heterocycles. The number of hydrogen-bond donors (Lipinski definition) is 0. The Morgan fingerprint density at radius 3 is 2.67 bits per heavy atom. The van der Waals surface area contributed by atoms with Crippen LogP contribution in [-0.2, 0) is 12.8 Å². The van der Waals surface area contributed by atoms with Crippen LogP contribution < -0.4 is 0 Å². The van der Waals surface area contributed by atoms with Crippen molar-refractivity contribution in [3.8, 4) is 0 Å². The number of rotatable bonds is 6. The normalized spacial score (nSPS) is 16.3. The minimum atomic E-state index is 0.170. The Morgan fingerprint density at radius 2 is 2.06 bits per heavy atom. The lowest BCUT2D eigenvalue weighted by molar-refractivity contribution is 0.102. The molecule has 1 fully saturated rings. The number of carbonyl (C=O) groups excluding carboxylic acids is 1. The van der Waals surface area contributed by atoms with E-state index in [-0.39, 0.29) is 5.78 Å². The molecule has 1 aliphatic heterocycles. The minimum absolute atomic E-state index is 0.170. The van der Waals surface area contributed by atoms with Crippen LogP contribution in [0.15, 0.2) is 0 Å². The summed E-state index contributed by atoms with van der Waals surface area (Å²) in [5.74, 6) is 0.170. The predicted molar refractivity (Wildman–Crippen MR) is 75.5 cm³/mol. The monoisotopic (exact) mass is 266 g/mol. The van der Waals surface area contributed by atoms with Crippen molar-refractivity contribution < 1.29 is 4.79 Å². The van der Waals surface area contributed by atoms with Crippen LogP contribution in [0, 0.1) is 0 Å². The van der Waals surface area contributed by atoms with Crippen LogP contribution in [0.2, 0.25) is 0 Å². The summed E-state index contributed by atoms with van der Waals surface area (Å²) in [5, 5.41) is 1.13. The van der Waals surface area contributed by atoms with E-state index in [1.54, 1.807) is 18.3 Å². The molecule has 1 aliphatic rings. The van der Waals surface area contributed by atoms with Gasteiger partial charge >= 0.3 is 0 Å². The zero-order chi connectivity index (χ0) is 13.0. The molecule has 0 radical (unpaired) electrons. The topological polar surface area (TPSA) is 33.2 Å². The SMILES string of the molecule is CCCc1nc(CCN2CCCC2)sc1C(C)=O. The van der Waals surface area contributed by atoms with Crippen molar-refractivity contribution in [2.45, 2.75) is 46.0 Å². The highest BCUT2D eigenvalue weighted by Crippen LogP contribution is 2.21. The van der Waals surface area contributed by atoms with Gasteiger partial charge in [-0.2, -0.15) is 0 Å². The molecule has 0 aromatic carbocycles. The molecule has 0 spiro atoms. The molecule has 3 nitrogen and oxygen atoms in total. The summed E-state index contributed by atoms with van der Waals surface area (Å²) in [7, 11) is 0. The molecule has 0 unspecified atom stereocenters. The summed E-state index contributed by atoms with van der Waals surface area (Å²) in [6.45, 7) is 7.33. The molecule has 0 aliphatic carbocycles. The van der Waals surface area contributed by atoms with Gasteiger partial charge in [-0.3, -0.25) is 4.79 Å². The van der Waals surface area contributed by atoms with Crippen molar-refractivity contribution in [3.63, 3.8) is 0 Å². The van der Waals surface area contributed by atoms with E-state index in [0.717, 1.165) is 41.4 Å². The quantitative estimate of drug-likeness (QED) is 0.742. The van der Waals surface area contributed by atoms with Gasteiger partial charge in [-0.1, -0.05) is 13.3 Å². The van der Waals surface area contributed by atoms with Gasteiger partial charge in [0.25, 0.3) is 0 Å². The maximum Gasteiger partial charge on any atom is 0.171 e.